The van der Waals surface area contributed by atoms with Gasteiger partial charge in [0.15, 0.2) is 0 Å². The monoisotopic (exact) mass is 324 g/mol. The first-order valence-corrected chi connectivity index (χ1v) is 8.85. The van der Waals surface area contributed by atoms with E-state index in [-0.39, 0.29) is 5.91 Å². The van der Waals surface area contributed by atoms with Crippen molar-refractivity contribution in [1.82, 2.24) is 19.7 Å². The molecule has 0 bridgehead atoms. The minimum absolute atomic E-state index is 0.0895. The van der Waals surface area contributed by atoms with Gasteiger partial charge in [0.1, 0.15) is 10.7 Å². The molecule has 2 heterocycles. The van der Waals surface area contributed by atoms with Crippen molar-refractivity contribution in [2.45, 2.75) is 32.4 Å². The number of carbonyl (C=O) groups is 1. The predicted octanol–water partition coefficient (Wildman–Crippen LogP) is 2.01. The fourth-order valence-electron chi connectivity index (χ4n) is 3.17. The largest absolute Gasteiger partial charge is 0.335 e. The van der Waals surface area contributed by atoms with Crippen molar-refractivity contribution in [1.29, 1.82) is 0 Å². The molecule has 0 saturated carbocycles. The SMILES string of the molecule is CCC[C@@H]1CN(C(=O)c2csc(CN(C)C)n2)C[C@H]1N(C)C. The summed E-state index contributed by atoms with van der Waals surface area (Å²) in [5.41, 5.74) is 0.608. The van der Waals surface area contributed by atoms with Gasteiger partial charge in [-0.05, 0) is 40.5 Å². The molecule has 0 radical (unpaired) electrons. The second kappa shape index (κ2) is 7.53. The van der Waals surface area contributed by atoms with Gasteiger partial charge < -0.3 is 14.7 Å². The molecule has 1 aromatic rings. The molecule has 1 saturated heterocycles. The first kappa shape index (κ1) is 17.4. The van der Waals surface area contributed by atoms with Crippen LogP contribution in [0.1, 0.15) is 35.3 Å². The quantitative estimate of drug-likeness (QED) is 0.802. The molecule has 2 atom stereocenters. The van der Waals surface area contributed by atoms with Crippen LogP contribution in [0.5, 0.6) is 0 Å². The van der Waals surface area contributed by atoms with Crippen molar-refractivity contribution in [3.63, 3.8) is 0 Å². The third-order valence-corrected chi connectivity index (χ3v) is 5.07. The highest BCUT2D eigenvalue weighted by Gasteiger charge is 2.36. The summed E-state index contributed by atoms with van der Waals surface area (Å²) in [5, 5.41) is 2.90. The summed E-state index contributed by atoms with van der Waals surface area (Å²) in [6.07, 6.45) is 2.34. The number of nitrogens with zero attached hydrogens (tertiary/aromatic N) is 4. The Morgan fingerprint density at radius 3 is 2.68 bits per heavy atom. The number of likely N-dealkylation sites (N-methyl/N-ethyl adjacent to an activating group) is 1. The molecule has 1 aliphatic heterocycles. The fourth-order valence-corrected chi connectivity index (χ4v) is 4.06. The molecule has 0 aliphatic carbocycles. The van der Waals surface area contributed by atoms with Crippen LogP contribution in [0.4, 0.5) is 0 Å². The zero-order chi connectivity index (χ0) is 16.3. The normalized spacial score (nSPS) is 22.0. The van der Waals surface area contributed by atoms with Crippen LogP contribution in [-0.2, 0) is 6.54 Å². The van der Waals surface area contributed by atoms with Crippen molar-refractivity contribution >= 4 is 17.2 Å². The van der Waals surface area contributed by atoms with Gasteiger partial charge in [-0.15, -0.1) is 11.3 Å². The summed E-state index contributed by atoms with van der Waals surface area (Å²) < 4.78 is 0. The zero-order valence-electron chi connectivity index (χ0n) is 14.4. The molecule has 0 spiro atoms. The third-order valence-electron chi connectivity index (χ3n) is 4.24. The lowest BCUT2D eigenvalue weighted by Crippen LogP contribution is -2.36. The molecule has 1 aromatic heterocycles. The fraction of sp³-hybridized carbons (Fsp3) is 0.750. The van der Waals surface area contributed by atoms with Crippen LogP contribution in [0.2, 0.25) is 0 Å². The topological polar surface area (TPSA) is 39.7 Å². The van der Waals surface area contributed by atoms with Gasteiger partial charge in [-0.1, -0.05) is 13.3 Å². The van der Waals surface area contributed by atoms with Gasteiger partial charge in [-0.25, -0.2) is 4.98 Å². The van der Waals surface area contributed by atoms with Crippen LogP contribution in [0.3, 0.4) is 0 Å². The molecule has 0 aromatic carbocycles. The minimum Gasteiger partial charge on any atom is -0.335 e. The second-order valence-corrected chi connectivity index (χ2v) is 7.60. The number of thiazole rings is 1. The molecule has 6 heteroatoms. The standard InChI is InChI=1S/C16H28N4OS/c1-6-7-12-8-20(9-14(12)19(4)5)16(21)13-11-22-15(17-13)10-18(2)3/h11-12,14H,6-10H2,1-5H3/t12-,14-/m1/s1. The van der Waals surface area contributed by atoms with E-state index in [4.69, 9.17) is 0 Å². The van der Waals surface area contributed by atoms with Gasteiger partial charge in [-0.3, -0.25) is 4.79 Å². The average Bonchev–Trinajstić information content (AvgIpc) is 3.05. The van der Waals surface area contributed by atoms with Gasteiger partial charge in [0, 0.05) is 31.1 Å². The summed E-state index contributed by atoms with van der Waals surface area (Å²) >= 11 is 1.57. The summed E-state index contributed by atoms with van der Waals surface area (Å²) in [4.78, 5) is 23.5. The molecule has 5 nitrogen and oxygen atoms in total. The Kier molecular flexibility index (Phi) is 5.94. The number of amides is 1. The molecule has 22 heavy (non-hydrogen) atoms. The molecular formula is C16H28N4OS. The number of rotatable bonds is 6. The molecular weight excluding hydrogens is 296 g/mol. The molecule has 1 amide bonds. The first-order chi connectivity index (χ1) is 10.4. The van der Waals surface area contributed by atoms with Crippen molar-refractivity contribution in [3.8, 4) is 0 Å². The Labute approximate surface area is 137 Å². The van der Waals surface area contributed by atoms with Crippen LogP contribution in [0.25, 0.3) is 0 Å². The molecule has 2 rings (SSSR count). The molecule has 0 unspecified atom stereocenters. The first-order valence-electron chi connectivity index (χ1n) is 7.97. The highest BCUT2D eigenvalue weighted by Crippen LogP contribution is 2.26. The van der Waals surface area contributed by atoms with E-state index in [1.807, 2.05) is 24.4 Å². The minimum atomic E-state index is 0.0895. The smallest absolute Gasteiger partial charge is 0.273 e. The lowest BCUT2D eigenvalue weighted by atomic mass is 9.98. The molecule has 1 aliphatic rings. The Bertz CT molecular complexity index is 500. The van der Waals surface area contributed by atoms with E-state index < -0.39 is 0 Å². The van der Waals surface area contributed by atoms with Crippen LogP contribution in [-0.4, -0.2) is 72.9 Å². The molecule has 0 N–H and O–H groups in total. The number of hydrogen-bond acceptors (Lipinski definition) is 5. The summed E-state index contributed by atoms with van der Waals surface area (Å²) in [6, 6.07) is 0.462. The number of hydrogen-bond donors (Lipinski definition) is 0. The maximum atomic E-state index is 12.7. The maximum absolute atomic E-state index is 12.7. The van der Waals surface area contributed by atoms with Crippen LogP contribution in [0, 0.1) is 5.92 Å². The van der Waals surface area contributed by atoms with Gasteiger partial charge in [0.05, 0.1) is 0 Å². The third kappa shape index (κ3) is 4.06. The Hall–Kier alpha value is -0.980. The van der Waals surface area contributed by atoms with Crippen molar-refractivity contribution in [3.05, 3.63) is 16.1 Å². The number of likely N-dealkylation sites (tertiary alicyclic amines) is 1. The van der Waals surface area contributed by atoms with Gasteiger partial charge in [-0.2, -0.15) is 0 Å². The second-order valence-electron chi connectivity index (χ2n) is 6.65. The molecule has 124 valence electrons. The number of carbonyl (C=O) groups excluding carboxylic acids is 1. The average molecular weight is 324 g/mol. The van der Waals surface area contributed by atoms with Crippen LogP contribution in [0.15, 0.2) is 5.38 Å². The van der Waals surface area contributed by atoms with E-state index in [9.17, 15) is 4.79 Å². The van der Waals surface area contributed by atoms with Crippen LogP contribution < -0.4 is 0 Å². The summed E-state index contributed by atoms with van der Waals surface area (Å²) in [6.45, 7) is 4.68. The van der Waals surface area contributed by atoms with E-state index in [2.05, 4.69) is 35.8 Å². The highest BCUT2D eigenvalue weighted by molar-refractivity contribution is 7.09. The number of aromatic nitrogens is 1. The Morgan fingerprint density at radius 2 is 2.09 bits per heavy atom. The van der Waals surface area contributed by atoms with E-state index in [0.717, 1.165) is 24.6 Å². The maximum Gasteiger partial charge on any atom is 0.273 e. The summed E-state index contributed by atoms with van der Waals surface area (Å²) in [7, 11) is 8.25. The van der Waals surface area contributed by atoms with E-state index in [0.29, 0.717) is 17.7 Å². The lowest BCUT2D eigenvalue weighted by molar-refractivity contribution is 0.0775. The summed E-state index contributed by atoms with van der Waals surface area (Å²) in [5.74, 6) is 0.663. The van der Waals surface area contributed by atoms with Gasteiger partial charge >= 0.3 is 0 Å². The van der Waals surface area contributed by atoms with Gasteiger partial charge in [0.25, 0.3) is 5.91 Å². The van der Waals surface area contributed by atoms with Crippen molar-refractivity contribution in [2.75, 3.05) is 41.3 Å². The Morgan fingerprint density at radius 1 is 1.36 bits per heavy atom. The van der Waals surface area contributed by atoms with E-state index in [1.165, 1.54) is 12.8 Å². The zero-order valence-corrected chi connectivity index (χ0v) is 15.2. The predicted molar refractivity (Wildman–Crippen MR) is 91.3 cm³/mol. The van der Waals surface area contributed by atoms with Crippen LogP contribution >= 0.6 is 11.3 Å². The van der Waals surface area contributed by atoms with E-state index >= 15 is 0 Å². The highest BCUT2D eigenvalue weighted by atomic mass is 32.1. The lowest BCUT2D eigenvalue weighted by Gasteiger charge is -2.24. The van der Waals surface area contributed by atoms with Crippen molar-refractivity contribution < 1.29 is 4.79 Å². The van der Waals surface area contributed by atoms with E-state index in [1.54, 1.807) is 11.3 Å². The molecule has 1 fully saturated rings. The Balaban J connectivity index is 2.05. The van der Waals surface area contributed by atoms with Crippen molar-refractivity contribution in [2.24, 2.45) is 5.92 Å². The van der Waals surface area contributed by atoms with Gasteiger partial charge in [0.2, 0.25) is 0 Å².